The summed E-state index contributed by atoms with van der Waals surface area (Å²) < 4.78 is 0. The molecule has 1 aromatic rings. The van der Waals surface area contributed by atoms with Crippen molar-refractivity contribution in [1.82, 2.24) is 0 Å². The Labute approximate surface area is 138 Å². The van der Waals surface area contributed by atoms with Gasteiger partial charge < -0.3 is 5.11 Å². The van der Waals surface area contributed by atoms with Gasteiger partial charge in [-0.2, -0.15) is 0 Å². The number of hydrogen-bond acceptors (Lipinski definition) is 3. The lowest BCUT2D eigenvalue weighted by Gasteiger charge is -2.52. The lowest BCUT2D eigenvalue weighted by atomic mass is 9.49. The van der Waals surface area contributed by atoms with Gasteiger partial charge in [-0.25, -0.2) is 0 Å². The van der Waals surface area contributed by atoms with Gasteiger partial charge in [0.25, 0.3) is 0 Å². The summed E-state index contributed by atoms with van der Waals surface area (Å²) >= 11 is 0. The SMILES string of the molecule is CC(C)c1cc2c(cc1O)[C@]1(C)CCCC(C)(C)[C@H]1C(=O)C2=O. The first kappa shape index (κ1) is 16.2. The number of hydrogen-bond donors (Lipinski definition) is 1. The monoisotopic (exact) mass is 314 g/mol. The molecule has 23 heavy (non-hydrogen) atoms. The molecule has 1 saturated carbocycles. The van der Waals surface area contributed by atoms with E-state index in [0.717, 1.165) is 30.4 Å². The van der Waals surface area contributed by atoms with Crippen molar-refractivity contribution in [3.8, 4) is 5.75 Å². The van der Waals surface area contributed by atoms with E-state index in [1.807, 2.05) is 13.8 Å². The molecule has 2 aliphatic carbocycles. The number of aromatic hydroxyl groups is 1. The quantitative estimate of drug-likeness (QED) is 0.783. The lowest BCUT2D eigenvalue weighted by Crippen LogP contribution is -2.54. The van der Waals surface area contributed by atoms with Crippen LogP contribution in [0.25, 0.3) is 0 Å². The highest BCUT2D eigenvalue weighted by Gasteiger charge is 2.56. The van der Waals surface area contributed by atoms with Crippen LogP contribution in [0.4, 0.5) is 0 Å². The largest absolute Gasteiger partial charge is 0.508 e. The second-order valence-electron chi connectivity index (χ2n) is 8.50. The topological polar surface area (TPSA) is 54.4 Å². The minimum Gasteiger partial charge on any atom is -0.508 e. The van der Waals surface area contributed by atoms with Crippen LogP contribution in [0.3, 0.4) is 0 Å². The van der Waals surface area contributed by atoms with Gasteiger partial charge in [0.05, 0.1) is 0 Å². The highest BCUT2D eigenvalue weighted by atomic mass is 16.3. The number of carbonyl (C=O) groups excluding carboxylic acids is 2. The van der Waals surface area contributed by atoms with Crippen LogP contribution >= 0.6 is 0 Å². The molecule has 0 heterocycles. The van der Waals surface area contributed by atoms with Crippen molar-refractivity contribution in [2.75, 3.05) is 0 Å². The van der Waals surface area contributed by atoms with Crippen molar-refractivity contribution in [3.63, 3.8) is 0 Å². The number of fused-ring (bicyclic) bond motifs is 3. The molecular formula is C20H26O3. The summed E-state index contributed by atoms with van der Waals surface area (Å²) in [7, 11) is 0. The van der Waals surface area contributed by atoms with Crippen molar-refractivity contribution in [1.29, 1.82) is 0 Å². The molecule has 0 amide bonds. The molecular weight excluding hydrogens is 288 g/mol. The standard InChI is InChI=1S/C20H26O3/c1-11(2)12-9-13-14(10-15(12)21)20(5)8-6-7-19(3,4)18(20)17(23)16(13)22/h9-11,18,21H,6-8H2,1-5H3/t18-,20+/m1/s1. The fourth-order valence-electron chi connectivity index (χ4n) is 4.99. The van der Waals surface area contributed by atoms with Crippen LogP contribution in [0.2, 0.25) is 0 Å². The molecule has 3 heteroatoms. The smallest absolute Gasteiger partial charge is 0.229 e. The number of rotatable bonds is 1. The Morgan fingerprint density at radius 3 is 2.39 bits per heavy atom. The maximum Gasteiger partial charge on any atom is 0.229 e. The van der Waals surface area contributed by atoms with Crippen LogP contribution in [0.15, 0.2) is 12.1 Å². The molecule has 0 unspecified atom stereocenters. The highest BCUT2D eigenvalue weighted by molar-refractivity contribution is 6.46. The molecule has 2 atom stereocenters. The Kier molecular flexibility index (Phi) is 3.48. The van der Waals surface area contributed by atoms with Crippen LogP contribution in [0.1, 0.15) is 81.3 Å². The van der Waals surface area contributed by atoms with E-state index in [9.17, 15) is 14.7 Å². The maximum atomic E-state index is 12.9. The number of benzene rings is 1. The summed E-state index contributed by atoms with van der Waals surface area (Å²) in [5.41, 5.74) is 1.55. The summed E-state index contributed by atoms with van der Waals surface area (Å²) in [5, 5.41) is 10.4. The van der Waals surface area contributed by atoms with Crippen molar-refractivity contribution < 1.29 is 14.7 Å². The van der Waals surface area contributed by atoms with E-state index in [4.69, 9.17) is 0 Å². The number of carbonyl (C=O) groups is 2. The third-order valence-electron chi connectivity index (χ3n) is 6.07. The van der Waals surface area contributed by atoms with Crippen LogP contribution in [0.5, 0.6) is 5.75 Å². The average Bonchev–Trinajstić information content (AvgIpc) is 2.43. The molecule has 1 N–H and O–H groups in total. The van der Waals surface area contributed by atoms with Gasteiger partial charge in [0.2, 0.25) is 11.6 Å². The Balaban J connectivity index is 2.28. The molecule has 124 valence electrons. The first-order chi connectivity index (χ1) is 10.6. The lowest BCUT2D eigenvalue weighted by molar-refractivity contribution is -0.128. The minimum absolute atomic E-state index is 0.108. The Morgan fingerprint density at radius 1 is 1.13 bits per heavy atom. The van der Waals surface area contributed by atoms with Gasteiger partial charge in [0, 0.05) is 16.9 Å². The van der Waals surface area contributed by atoms with E-state index in [1.54, 1.807) is 12.1 Å². The fraction of sp³-hybridized carbons (Fsp3) is 0.600. The van der Waals surface area contributed by atoms with Gasteiger partial charge >= 0.3 is 0 Å². The Morgan fingerprint density at radius 2 is 1.78 bits per heavy atom. The zero-order valence-corrected chi connectivity index (χ0v) is 14.7. The molecule has 0 radical (unpaired) electrons. The summed E-state index contributed by atoms with van der Waals surface area (Å²) in [6.45, 7) is 10.2. The molecule has 0 saturated heterocycles. The Hall–Kier alpha value is -1.64. The molecule has 0 spiro atoms. The van der Waals surface area contributed by atoms with Gasteiger partial charge in [0.1, 0.15) is 5.75 Å². The van der Waals surface area contributed by atoms with Crippen molar-refractivity contribution in [3.05, 3.63) is 28.8 Å². The van der Waals surface area contributed by atoms with Gasteiger partial charge in [-0.05, 0) is 47.4 Å². The predicted molar refractivity (Wildman–Crippen MR) is 90.0 cm³/mol. The molecule has 0 aliphatic heterocycles. The van der Waals surface area contributed by atoms with Crippen LogP contribution in [-0.4, -0.2) is 16.7 Å². The molecule has 2 aliphatic rings. The van der Waals surface area contributed by atoms with Gasteiger partial charge in [-0.1, -0.05) is 41.0 Å². The molecule has 3 rings (SSSR count). The van der Waals surface area contributed by atoms with Crippen LogP contribution < -0.4 is 0 Å². The van der Waals surface area contributed by atoms with Gasteiger partial charge in [0.15, 0.2) is 0 Å². The zero-order chi connectivity index (χ0) is 17.2. The van der Waals surface area contributed by atoms with Gasteiger partial charge in [-0.15, -0.1) is 0 Å². The van der Waals surface area contributed by atoms with Crippen molar-refractivity contribution in [2.45, 2.75) is 65.2 Å². The first-order valence-electron chi connectivity index (χ1n) is 8.55. The Bertz CT molecular complexity index is 699. The van der Waals surface area contributed by atoms with Crippen LogP contribution in [-0.2, 0) is 10.2 Å². The van der Waals surface area contributed by atoms with E-state index in [-0.39, 0.29) is 40.0 Å². The summed E-state index contributed by atoms with van der Waals surface area (Å²) in [4.78, 5) is 25.7. The third-order valence-corrected chi connectivity index (χ3v) is 6.07. The summed E-state index contributed by atoms with van der Waals surface area (Å²) in [6.07, 6.45) is 2.87. The summed E-state index contributed by atoms with van der Waals surface area (Å²) in [5.74, 6) is -0.571. The van der Waals surface area contributed by atoms with Crippen molar-refractivity contribution >= 4 is 11.6 Å². The number of Topliss-reactive ketones (excluding diaryl/α,β-unsaturated/α-hetero) is 2. The number of phenolic OH excluding ortho intramolecular Hbond substituents is 1. The number of phenols is 1. The second-order valence-corrected chi connectivity index (χ2v) is 8.50. The second kappa shape index (κ2) is 4.93. The van der Waals surface area contributed by atoms with E-state index in [0.29, 0.717) is 5.56 Å². The fourth-order valence-corrected chi connectivity index (χ4v) is 4.99. The molecule has 0 aromatic heterocycles. The van der Waals surface area contributed by atoms with Crippen LogP contribution in [0, 0.1) is 11.3 Å². The highest BCUT2D eigenvalue weighted by Crippen LogP contribution is 2.56. The van der Waals surface area contributed by atoms with E-state index >= 15 is 0 Å². The molecule has 0 bridgehead atoms. The minimum atomic E-state index is -0.376. The zero-order valence-electron chi connectivity index (χ0n) is 14.7. The first-order valence-corrected chi connectivity index (χ1v) is 8.55. The van der Waals surface area contributed by atoms with E-state index in [1.165, 1.54) is 0 Å². The maximum absolute atomic E-state index is 12.9. The average molecular weight is 314 g/mol. The predicted octanol–water partition coefficient (Wildman–Crippen LogP) is 4.37. The molecule has 3 nitrogen and oxygen atoms in total. The third kappa shape index (κ3) is 2.16. The normalized spacial score (nSPS) is 29.4. The van der Waals surface area contributed by atoms with E-state index in [2.05, 4.69) is 20.8 Å². The van der Waals surface area contributed by atoms with Gasteiger partial charge in [-0.3, -0.25) is 9.59 Å². The number of ketones is 2. The van der Waals surface area contributed by atoms with E-state index < -0.39 is 0 Å². The van der Waals surface area contributed by atoms with Crippen molar-refractivity contribution in [2.24, 2.45) is 11.3 Å². The summed E-state index contributed by atoms with van der Waals surface area (Å²) in [6, 6.07) is 3.50. The molecule has 1 aromatic carbocycles. The molecule has 1 fully saturated rings.